The SMILES string of the molecule is CCc1ccc(NC(=O)N[C@@H](c2ccccc2)c2nnc(C)n2C)cc1. The Balaban J connectivity index is 1.81. The van der Waals surface area contributed by atoms with Crippen LogP contribution in [0.1, 0.15) is 35.7 Å². The second-order valence-electron chi connectivity index (χ2n) is 6.16. The van der Waals surface area contributed by atoms with Crippen molar-refractivity contribution in [3.8, 4) is 0 Å². The third-order valence-electron chi connectivity index (χ3n) is 4.41. The van der Waals surface area contributed by atoms with Gasteiger partial charge in [0.15, 0.2) is 5.82 Å². The first-order valence-corrected chi connectivity index (χ1v) is 8.65. The number of nitrogens with zero attached hydrogens (tertiary/aromatic N) is 3. The molecule has 26 heavy (non-hydrogen) atoms. The maximum Gasteiger partial charge on any atom is 0.320 e. The van der Waals surface area contributed by atoms with Crippen LogP contribution in [0, 0.1) is 6.92 Å². The number of carbonyl (C=O) groups is 1. The second kappa shape index (κ2) is 7.82. The molecule has 3 aromatic rings. The summed E-state index contributed by atoms with van der Waals surface area (Å²) in [5.74, 6) is 1.48. The van der Waals surface area contributed by atoms with E-state index in [4.69, 9.17) is 0 Å². The van der Waals surface area contributed by atoms with E-state index in [1.54, 1.807) is 0 Å². The molecule has 6 nitrogen and oxygen atoms in total. The number of carbonyl (C=O) groups excluding carboxylic acids is 1. The van der Waals surface area contributed by atoms with Gasteiger partial charge in [-0.05, 0) is 36.6 Å². The Morgan fingerprint density at radius 1 is 1.08 bits per heavy atom. The Hall–Kier alpha value is -3.15. The van der Waals surface area contributed by atoms with Gasteiger partial charge in [0.25, 0.3) is 0 Å². The van der Waals surface area contributed by atoms with Crippen molar-refractivity contribution in [2.24, 2.45) is 7.05 Å². The van der Waals surface area contributed by atoms with Crippen LogP contribution in [0.4, 0.5) is 10.5 Å². The molecule has 0 aliphatic rings. The predicted molar refractivity (Wildman–Crippen MR) is 102 cm³/mol. The molecule has 0 spiro atoms. The number of anilines is 1. The van der Waals surface area contributed by atoms with Gasteiger partial charge >= 0.3 is 6.03 Å². The minimum Gasteiger partial charge on any atom is -0.324 e. The molecule has 0 aliphatic heterocycles. The van der Waals surface area contributed by atoms with Crippen molar-refractivity contribution >= 4 is 11.7 Å². The molecule has 3 rings (SSSR count). The molecule has 1 aromatic heterocycles. The van der Waals surface area contributed by atoms with E-state index in [2.05, 4.69) is 27.8 Å². The molecule has 0 aliphatic carbocycles. The van der Waals surface area contributed by atoms with E-state index in [1.807, 2.05) is 73.1 Å². The van der Waals surface area contributed by atoms with Crippen LogP contribution in [0.2, 0.25) is 0 Å². The van der Waals surface area contributed by atoms with Gasteiger partial charge < -0.3 is 15.2 Å². The van der Waals surface area contributed by atoms with Gasteiger partial charge in [-0.25, -0.2) is 4.79 Å². The highest BCUT2D eigenvalue weighted by Gasteiger charge is 2.22. The first-order chi connectivity index (χ1) is 12.6. The lowest BCUT2D eigenvalue weighted by Crippen LogP contribution is -2.34. The smallest absolute Gasteiger partial charge is 0.320 e. The zero-order valence-corrected chi connectivity index (χ0v) is 15.2. The van der Waals surface area contributed by atoms with Crippen LogP contribution in [0.5, 0.6) is 0 Å². The molecule has 2 amide bonds. The van der Waals surface area contributed by atoms with Gasteiger partial charge in [0, 0.05) is 12.7 Å². The van der Waals surface area contributed by atoms with E-state index < -0.39 is 6.04 Å². The number of rotatable bonds is 5. The lowest BCUT2D eigenvalue weighted by molar-refractivity contribution is 0.249. The molecule has 134 valence electrons. The summed E-state index contributed by atoms with van der Waals surface area (Å²) in [5.41, 5.74) is 2.92. The monoisotopic (exact) mass is 349 g/mol. The maximum absolute atomic E-state index is 12.6. The van der Waals surface area contributed by atoms with E-state index in [0.29, 0.717) is 5.82 Å². The van der Waals surface area contributed by atoms with Crippen molar-refractivity contribution in [1.29, 1.82) is 0 Å². The fourth-order valence-electron chi connectivity index (χ4n) is 2.74. The highest BCUT2D eigenvalue weighted by atomic mass is 16.2. The molecular weight excluding hydrogens is 326 g/mol. The summed E-state index contributed by atoms with van der Waals surface area (Å²) >= 11 is 0. The Bertz CT molecular complexity index is 871. The van der Waals surface area contributed by atoms with Crippen molar-refractivity contribution < 1.29 is 4.79 Å². The summed E-state index contributed by atoms with van der Waals surface area (Å²) in [6.45, 7) is 3.98. The van der Waals surface area contributed by atoms with Crippen LogP contribution >= 0.6 is 0 Å². The van der Waals surface area contributed by atoms with Gasteiger partial charge in [0.2, 0.25) is 0 Å². The number of benzene rings is 2. The van der Waals surface area contributed by atoms with Gasteiger partial charge in [-0.1, -0.05) is 49.4 Å². The van der Waals surface area contributed by atoms with Crippen LogP contribution < -0.4 is 10.6 Å². The molecule has 0 fully saturated rings. The van der Waals surface area contributed by atoms with E-state index in [1.165, 1.54) is 5.56 Å². The van der Waals surface area contributed by atoms with Gasteiger partial charge in [-0.15, -0.1) is 10.2 Å². The fraction of sp³-hybridized carbons (Fsp3) is 0.250. The van der Waals surface area contributed by atoms with Crippen molar-refractivity contribution in [1.82, 2.24) is 20.1 Å². The maximum atomic E-state index is 12.6. The Kier molecular flexibility index (Phi) is 5.31. The van der Waals surface area contributed by atoms with Crippen molar-refractivity contribution in [2.45, 2.75) is 26.3 Å². The summed E-state index contributed by atoms with van der Waals surface area (Å²) < 4.78 is 1.88. The number of amides is 2. The fourth-order valence-corrected chi connectivity index (χ4v) is 2.74. The van der Waals surface area contributed by atoms with Gasteiger partial charge in [0.1, 0.15) is 11.9 Å². The molecule has 0 saturated heterocycles. The highest BCUT2D eigenvalue weighted by molar-refractivity contribution is 5.89. The molecule has 1 atom stereocenters. The Labute approximate surface area is 153 Å². The number of urea groups is 1. The molecule has 2 aromatic carbocycles. The first-order valence-electron chi connectivity index (χ1n) is 8.65. The van der Waals surface area contributed by atoms with Crippen LogP contribution in [0.25, 0.3) is 0 Å². The largest absolute Gasteiger partial charge is 0.324 e. The Morgan fingerprint density at radius 2 is 1.77 bits per heavy atom. The quantitative estimate of drug-likeness (QED) is 0.739. The summed E-state index contributed by atoms with van der Waals surface area (Å²) in [5, 5.41) is 14.2. The van der Waals surface area contributed by atoms with E-state index in [0.717, 1.165) is 23.5 Å². The first kappa shape index (κ1) is 17.7. The second-order valence-corrected chi connectivity index (χ2v) is 6.16. The number of hydrogen-bond acceptors (Lipinski definition) is 3. The van der Waals surface area contributed by atoms with E-state index >= 15 is 0 Å². The van der Waals surface area contributed by atoms with Crippen molar-refractivity contribution in [3.63, 3.8) is 0 Å². The predicted octanol–water partition coefficient (Wildman–Crippen LogP) is 3.60. The third kappa shape index (κ3) is 3.91. The number of aromatic nitrogens is 3. The number of nitrogens with one attached hydrogen (secondary N) is 2. The molecule has 2 N–H and O–H groups in total. The normalized spacial score (nSPS) is 11.8. The van der Waals surface area contributed by atoms with Crippen molar-refractivity contribution in [2.75, 3.05) is 5.32 Å². The van der Waals surface area contributed by atoms with E-state index in [-0.39, 0.29) is 6.03 Å². The highest BCUT2D eigenvalue weighted by Crippen LogP contribution is 2.21. The average molecular weight is 349 g/mol. The van der Waals surface area contributed by atoms with Crippen LogP contribution in [-0.4, -0.2) is 20.8 Å². The summed E-state index contributed by atoms with van der Waals surface area (Å²) in [4.78, 5) is 12.6. The average Bonchev–Trinajstić information content (AvgIpc) is 3.00. The van der Waals surface area contributed by atoms with Gasteiger partial charge in [-0.3, -0.25) is 0 Å². The Morgan fingerprint density at radius 3 is 2.35 bits per heavy atom. The minimum absolute atomic E-state index is 0.288. The lowest BCUT2D eigenvalue weighted by atomic mass is 10.1. The molecule has 0 saturated carbocycles. The minimum atomic E-state index is -0.391. The van der Waals surface area contributed by atoms with Crippen LogP contribution in [0.15, 0.2) is 54.6 Å². The van der Waals surface area contributed by atoms with Gasteiger partial charge in [0.05, 0.1) is 0 Å². The van der Waals surface area contributed by atoms with E-state index in [9.17, 15) is 4.79 Å². The molecule has 0 unspecified atom stereocenters. The summed E-state index contributed by atoms with van der Waals surface area (Å²) in [6, 6.07) is 16.9. The zero-order valence-electron chi connectivity index (χ0n) is 15.2. The lowest BCUT2D eigenvalue weighted by Gasteiger charge is -2.19. The van der Waals surface area contributed by atoms with Crippen LogP contribution in [-0.2, 0) is 13.5 Å². The zero-order chi connectivity index (χ0) is 18.5. The summed E-state index contributed by atoms with van der Waals surface area (Å²) in [6.07, 6.45) is 0.966. The molecule has 6 heteroatoms. The van der Waals surface area contributed by atoms with Crippen LogP contribution in [0.3, 0.4) is 0 Å². The third-order valence-corrected chi connectivity index (χ3v) is 4.41. The summed E-state index contributed by atoms with van der Waals surface area (Å²) in [7, 11) is 1.89. The molecule has 0 bridgehead atoms. The van der Waals surface area contributed by atoms with Crippen molar-refractivity contribution in [3.05, 3.63) is 77.4 Å². The standard InChI is InChI=1S/C20H23N5O/c1-4-15-10-12-17(13-11-15)21-20(26)22-18(16-8-6-5-7-9-16)19-24-23-14(2)25(19)3/h5-13,18H,4H2,1-3H3,(H2,21,22,26)/t18-/m0/s1. The molecular formula is C20H23N5O. The number of aryl methyl sites for hydroxylation is 2. The molecule has 0 radical (unpaired) electrons. The molecule has 1 heterocycles. The van der Waals surface area contributed by atoms with Gasteiger partial charge in [-0.2, -0.15) is 0 Å². The topological polar surface area (TPSA) is 71.8 Å². The number of hydrogen-bond donors (Lipinski definition) is 2.